The summed E-state index contributed by atoms with van der Waals surface area (Å²) in [5, 5.41) is 0. The number of rotatable bonds is 4. The van der Waals surface area contributed by atoms with Gasteiger partial charge in [0.05, 0.1) is 0 Å². The van der Waals surface area contributed by atoms with E-state index >= 15 is 0 Å². The summed E-state index contributed by atoms with van der Waals surface area (Å²) < 4.78 is 0. The fraction of sp³-hybridized carbons (Fsp3) is 0.833. The van der Waals surface area contributed by atoms with Crippen molar-refractivity contribution >= 4 is 17.7 Å². The van der Waals surface area contributed by atoms with Crippen molar-refractivity contribution in [2.45, 2.75) is 46.5 Å². The zero-order valence-electron chi connectivity index (χ0n) is 15.3. The normalized spacial score (nSPS) is 19.8. The number of carbonyl (C=O) groups is 3. The molecule has 0 spiro atoms. The molecule has 2 rings (SSSR count). The Bertz CT molecular complexity index is 460. The smallest absolute Gasteiger partial charge is 0.225 e. The molecule has 2 aliphatic rings. The van der Waals surface area contributed by atoms with Gasteiger partial charge in [0, 0.05) is 58.0 Å². The molecule has 2 saturated heterocycles. The maximum Gasteiger partial charge on any atom is 0.225 e. The minimum absolute atomic E-state index is 0.0295. The molecular weight excluding hydrogens is 306 g/mol. The molecule has 6 nitrogen and oxygen atoms in total. The maximum absolute atomic E-state index is 12.7. The van der Waals surface area contributed by atoms with Gasteiger partial charge in [-0.2, -0.15) is 0 Å². The van der Waals surface area contributed by atoms with Crippen LogP contribution in [0.25, 0.3) is 0 Å². The van der Waals surface area contributed by atoms with Crippen LogP contribution >= 0.6 is 0 Å². The highest BCUT2D eigenvalue weighted by molar-refractivity contribution is 5.81. The van der Waals surface area contributed by atoms with Crippen molar-refractivity contribution in [2.24, 2.45) is 11.8 Å². The maximum atomic E-state index is 12.7. The Labute approximate surface area is 145 Å². The zero-order valence-corrected chi connectivity index (χ0v) is 15.3. The molecule has 2 aliphatic heterocycles. The number of nitrogens with zero attached hydrogens (tertiary/aromatic N) is 3. The average Bonchev–Trinajstić information content (AvgIpc) is 2.62. The minimum atomic E-state index is 0.0295. The molecule has 0 aromatic heterocycles. The highest BCUT2D eigenvalue weighted by Gasteiger charge is 2.32. The minimum Gasteiger partial charge on any atom is -0.343 e. The third-order valence-electron chi connectivity index (χ3n) is 5.53. The Balaban J connectivity index is 1.81. The summed E-state index contributed by atoms with van der Waals surface area (Å²) in [6, 6.07) is 0. The topological polar surface area (TPSA) is 60.9 Å². The summed E-state index contributed by atoms with van der Waals surface area (Å²) >= 11 is 0. The lowest BCUT2D eigenvalue weighted by atomic mass is 9.95. The number of carbonyl (C=O) groups excluding carboxylic acids is 3. The van der Waals surface area contributed by atoms with Crippen LogP contribution in [-0.4, -0.2) is 71.7 Å². The van der Waals surface area contributed by atoms with E-state index in [1.165, 1.54) is 0 Å². The number of hydrogen-bond acceptors (Lipinski definition) is 3. The number of piperazine rings is 1. The molecule has 0 saturated carbocycles. The van der Waals surface area contributed by atoms with Crippen molar-refractivity contribution < 1.29 is 14.4 Å². The van der Waals surface area contributed by atoms with Crippen LogP contribution in [0.2, 0.25) is 0 Å². The van der Waals surface area contributed by atoms with Crippen LogP contribution in [-0.2, 0) is 14.4 Å². The van der Waals surface area contributed by atoms with Gasteiger partial charge in [0.25, 0.3) is 0 Å². The van der Waals surface area contributed by atoms with Crippen molar-refractivity contribution in [3.63, 3.8) is 0 Å². The van der Waals surface area contributed by atoms with Crippen LogP contribution in [0.4, 0.5) is 0 Å². The molecule has 0 atom stereocenters. The molecular formula is C18H31N3O3. The first-order valence-corrected chi connectivity index (χ1v) is 9.31. The van der Waals surface area contributed by atoms with Gasteiger partial charge >= 0.3 is 0 Å². The highest BCUT2D eigenvalue weighted by atomic mass is 16.2. The standard InChI is InChI=1S/C18H31N3O3/c1-4-15(5-2)17(23)20-10-12-21(13-11-20)18(24)16-6-8-19(9-7-16)14(3)22/h15-16H,4-13H2,1-3H3. The molecule has 3 amide bonds. The van der Waals surface area contributed by atoms with Gasteiger partial charge in [0.1, 0.15) is 0 Å². The fourth-order valence-corrected chi connectivity index (χ4v) is 3.74. The molecule has 0 bridgehead atoms. The average molecular weight is 337 g/mol. The van der Waals surface area contributed by atoms with E-state index in [1.54, 1.807) is 6.92 Å². The molecule has 0 aromatic rings. The van der Waals surface area contributed by atoms with Gasteiger partial charge in [-0.3, -0.25) is 14.4 Å². The Morgan fingerprint density at radius 1 is 0.833 bits per heavy atom. The summed E-state index contributed by atoms with van der Waals surface area (Å²) in [7, 11) is 0. The molecule has 24 heavy (non-hydrogen) atoms. The van der Waals surface area contributed by atoms with Crippen molar-refractivity contribution in [3.05, 3.63) is 0 Å². The molecule has 2 fully saturated rings. The van der Waals surface area contributed by atoms with Gasteiger partial charge in [-0.15, -0.1) is 0 Å². The Hall–Kier alpha value is -1.59. The van der Waals surface area contributed by atoms with Gasteiger partial charge in [-0.25, -0.2) is 0 Å². The summed E-state index contributed by atoms with van der Waals surface area (Å²) in [5.41, 5.74) is 0. The zero-order chi connectivity index (χ0) is 17.7. The largest absolute Gasteiger partial charge is 0.343 e. The molecule has 0 aromatic carbocycles. The number of piperidine rings is 1. The third kappa shape index (κ3) is 4.28. The van der Waals surface area contributed by atoms with E-state index in [1.807, 2.05) is 14.7 Å². The molecule has 136 valence electrons. The van der Waals surface area contributed by atoms with Crippen molar-refractivity contribution in [3.8, 4) is 0 Å². The van der Waals surface area contributed by atoms with E-state index in [4.69, 9.17) is 0 Å². The highest BCUT2D eigenvalue weighted by Crippen LogP contribution is 2.21. The van der Waals surface area contributed by atoms with Crippen LogP contribution in [0.1, 0.15) is 46.5 Å². The van der Waals surface area contributed by atoms with E-state index in [0.717, 1.165) is 25.7 Å². The van der Waals surface area contributed by atoms with Gasteiger partial charge in [0.15, 0.2) is 0 Å². The first kappa shape index (κ1) is 18.7. The Morgan fingerprint density at radius 3 is 1.79 bits per heavy atom. The number of likely N-dealkylation sites (tertiary alicyclic amines) is 1. The summed E-state index contributed by atoms with van der Waals surface area (Å²) in [5.74, 6) is 0.675. The first-order chi connectivity index (χ1) is 11.5. The lowest BCUT2D eigenvalue weighted by Gasteiger charge is -2.39. The van der Waals surface area contributed by atoms with Crippen LogP contribution < -0.4 is 0 Å². The second kappa shape index (κ2) is 8.49. The van der Waals surface area contributed by atoms with Crippen LogP contribution in [0.5, 0.6) is 0 Å². The molecule has 0 N–H and O–H groups in total. The van der Waals surface area contributed by atoms with Crippen molar-refractivity contribution in [1.82, 2.24) is 14.7 Å². The van der Waals surface area contributed by atoms with E-state index in [0.29, 0.717) is 39.3 Å². The summed E-state index contributed by atoms with van der Waals surface area (Å²) in [4.78, 5) is 42.1. The van der Waals surface area contributed by atoms with E-state index in [2.05, 4.69) is 13.8 Å². The molecule has 0 unspecified atom stereocenters. The second-order valence-corrected chi connectivity index (χ2v) is 6.94. The summed E-state index contributed by atoms with van der Waals surface area (Å²) in [6.45, 7) is 9.62. The SMILES string of the molecule is CCC(CC)C(=O)N1CCN(C(=O)C2CCN(C(C)=O)CC2)CC1. The molecule has 6 heteroatoms. The Kier molecular flexibility index (Phi) is 6.63. The van der Waals surface area contributed by atoms with Crippen molar-refractivity contribution in [1.29, 1.82) is 0 Å². The van der Waals surface area contributed by atoms with Crippen molar-refractivity contribution in [2.75, 3.05) is 39.3 Å². The van der Waals surface area contributed by atoms with Gasteiger partial charge in [-0.1, -0.05) is 13.8 Å². The van der Waals surface area contributed by atoms with Crippen LogP contribution in [0, 0.1) is 11.8 Å². The van der Waals surface area contributed by atoms with Crippen LogP contribution in [0.15, 0.2) is 0 Å². The van der Waals surface area contributed by atoms with Crippen LogP contribution in [0.3, 0.4) is 0 Å². The molecule has 0 aliphatic carbocycles. The van der Waals surface area contributed by atoms with E-state index in [-0.39, 0.29) is 29.6 Å². The fourth-order valence-electron chi connectivity index (χ4n) is 3.74. The lowest BCUT2D eigenvalue weighted by Crippen LogP contribution is -2.54. The number of hydrogen-bond donors (Lipinski definition) is 0. The summed E-state index contributed by atoms with van der Waals surface area (Å²) in [6.07, 6.45) is 3.27. The predicted molar refractivity (Wildman–Crippen MR) is 92.2 cm³/mol. The first-order valence-electron chi connectivity index (χ1n) is 9.31. The van der Waals surface area contributed by atoms with E-state index in [9.17, 15) is 14.4 Å². The van der Waals surface area contributed by atoms with E-state index < -0.39 is 0 Å². The van der Waals surface area contributed by atoms with Gasteiger partial charge in [0.2, 0.25) is 17.7 Å². The second-order valence-electron chi connectivity index (χ2n) is 6.94. The quantitative estimate of drug-likeness (QED) is 0.778. The monoisotopic (exact) mass is 337 g/mol. The molecule has 2 heterocycles. The lowest BCUT2D eigenvalue weighted by molar-refractivity contribution is -0.145. The predicted octanol–water partition coefficient (Wildman–Crippen LogP) is 1.35. The third-order valence-corrected chi connectivity index (χ3v) is 5.53. The Morgan fingerprint density at radius 2 is 1.33 bits per heavy atom. The number of amides is 3. The molecule has 0 radical (unpaired) electrons. The van der Waals surface area contributed by atoms with Gasteiger partial charge in [-0.05, 0) is 25.7 Å². The van der Waals surface area contributed by atoms with Gasteiger partial charge < -0.3 is 14.7 Å².